The average Bonchev–Trinajstić information content (AvgIpc) is 2.91. The van der Waals surface area contributed by atoms with Gasteiger partial charge in [-0.25, -0.2) is 0 Å². The number of aromatic hydroxyl groups is 2. The molecule has 5 rings (SSSR count). The van der Waals surface area contributed by atoms with Crippen LogP contribution >= 0.6 is 0 Å². The van der Waals surface area contributed by atoms with Crippen LogP contribution in [0.1, 0.15) is 54.4 Å². The zero-order valence-electron chi connectivity index (χ0n) is 21.1. The second-order valence-corrected chi connectivity index (χ2v) is 9.66. The highest BCUT2D eigenvalue weighted by Crippen LogP contribution is 2.28. The van der Waals surface area contributed by atoms with Gasteiger partial charge in [0.1, 0.15) is 11.5 Å². The molecule has 0 atom stereocenters. The smallest absolute Gasteiger partial charge is 0.259 e. The molecule has 1 amide bonds. The Bertz CT molecular complexity index is 1230. The van der Waals surface area contributed by atoms with Gasteiger partial charge in [-0.2, -0.15) is 15.0 Å². The van der Waals surface area contributed by atoms with Crippen molar-refractivity contribution < 1.29 is 15.0 Å². The van der Waals surface area contributed by atoms with E-state index in [1.165, 1.54) is 25.0 Å². The number of aromatic nitrogens is 3. The summed E-state index contributed by atoms with van der Waals surface area (Å²) in [4.78, 5) is 31.5. The molecule has 2 aromatic carbocycles. The van der Waals surface area contributed by atoms with E-state index < -0.39 is 5.91 Å². The lowest BCUT2D eigenvalue weighted by Gasteiger charge is -2.30. The minimum Gasteiger partial charge on any atom is -0.508 e. The maximum absolute atomic E-state index is 12.6. The molecule has 0 saturated carbocycles. The number of rotatable bonds is 6. The van der Waals surface area contributed by atoms with Crippen LogP contribution in [0, 0.1) is 6.92 Å². The van der Waals surface area contributed by atoms with E-state index >= 15 is 0 Å². The molecular formula is C27H33N7O3. The number of piperidine rings is 2. The summed E-state index contributed by atoms with van der Waals surface area (Å²) in [6.45, 7) is 5.70. The molecule has 3 aromatic rings. The largest absolute Gasteiger partial charge is 0.508 e. The van der Waals surface area contributed by atoms with E-state index in [9.17, 15) is 15.0 Å². The highest BCUT2D eigenvalue weighted by atomic mass is 16.3. The number of carbonyl (C=O) groups is 1. The zero-order chi connectivity index (χ0) is 25.8. The van der Waals surface area contributed by atoms with Gasteiger partial charge in [0.2, 0.25) is 17.8 Å². The second kappa shape index (κ2) is 10.9. The summed E-state index contributed by atoms with van der Waals surface area (Å²) in [5.41, 5.74) is 2.32. The molecule has 0 unspecified atom stereocenters. The van der Waals surface area contributed by atoms with Gasteiger partial charge < -0.3 is 30.6 Å². The van der Waals surface area contributed by atoms with Gasteiger partial charge in [-0.3, -0.25) is 4.79 Å². The minimum absolute atomic E-state index is 0.0834. The van der Waals surface area contributed by atoms with Crippen molar-refractivity contribution >= 4 is 35.1 Å². The monoisotopic (exact) mass is 503 g/mol. The van der Waals surface area contributed by atoms with Gasteiger partial charge in [0.05, 0.1) is 5.56 Å². The van der Waals surface area contributed by atoms with Crippen molar-refractivity contribution in [3.8, 4) is 11.5 Å². The summed E-state index contributed by atoms with van der Waals surface area (Å²) in [6, 6.07) is 9.44. The van der Waals surface area contributed by atoms with E-state index in [4.69, 9.17) is 15.0 Å². The fourth-order valence-corrected chi connectivity index (χ4v) is 4.79. The van der Waals surface area contributed by atoms with Crippen LogP contribution in [0.3, 0.4) is 0 Å². The number of aryl methyl sites for hydroxylation is 1. The molecule has 4 N–H and O–H groups in total. The first-order valence-electron chi connectivity index (χ1n) is 12.9. The van der Waals surface area contributed by atoms with Crippen LogP contribution in [0.15, 0.2) is 36.4 Å². The molecule has 2 saturated heterocycles. The number of amides is 1. The number of hydrogen-bond acceptors (Lipinski definition) is 9. The lowest BCUT2D eigenvalue weighted by Crippen LogP contribution is -2.34. The lowest BCUT2D eigenvalue weighted by atomic mass is 10.1. The maximum Gasteiger partial charge on any atom is 0.259 e. The van der Waals surface area contributed by atoms with E-state index in [0.717, 1.165) is 69.2 Å². The summed E-state index contributed by atoms with van der Waals surface area (Å²) in [6.07, 6.45) is 7.04. The van der Waals surface area contributed by atoms with E-state index in [1.54, 1.807) is 6.07 Å². The lowest BCUT2D eigenvalue weighted by molar-refractivity contribution is 0.102. The molecule has 0 spiro atoms. The maximum atomic E-state index is 12.6. The summed E-state index contributed by atoms with van der Waals surface area (Å²) in [7, 11) is 0. The van der Waals surface area contributed by atoms with Gasteiger partial charge in [-0.1, -0.05) is 0 Å². The average molecular weight is 504 g/mol. The van der Waals surface area contributed by atoms with Gasteiger partial charge in [0.15, 0.2) is 0 Å². The fraction of sp³-hybridized carbons (Fsp3) is 0.407. The van der Waals surface area contributed by atoms with Crippen molar-refractivity contribution in [3.63, 3.8) is 0 Å². The number of phenolic OH excluding ortho intramolecular Hbond substituents is 2. The molecule has 0 radical (unpaired) electrons. The van der Waals surface area contributed by atoms with Gasteiger partial charge in [-0.05, 0) is 81.3 Å². The predicted molar refractivity (Wildman–Crippen MR) is 144 cm³/mol. The third-order valence-corrected chi connectivity index (χ3v) is 6.85. The van der Waals surface area contributed by atoms with Gasteiger partial charge in [0, 0.05) is 43.6 Å². The molecule has 2 fully saturated rings. The highest BCUT2D eigenvalue weighted by Gasteiger charge is 2.21. The summed E-state index contributed by atoms with van der Waals surface area (Å²) < 4.78 is 0. The van der Waals surface area contributed by atoms with Crippen molar-refractivity contribution in [2.45, 2.75) is 45.4 Å². The second-order valence-electron chi connectivity index (χ2n) is 9.66. The predicted octanol–water partition coefficient (Wildman–Crippen LogP) is 4.57. The Balaban J connectivity index is 1.36. The third kappa shape index (κ3) is 5.84. The van der Waals surface area contributed by atoms with Gasteiger partial charge >= 0.3 is 0 Å². The normalized spacial score (nSPS) is 15.9. The summed E-state index contributed by atoms with van der Waals surface area (Å²) in [5.74, 6) is 1.08. The van der Waals surface area contributed by atoms with Gasteiger partial charge in [0.25, 0.3) is 5.91 Å². The van der Waals surface area contributed by atoms with E-state index in [-0.39, 0.29) is 17.1 Å². The Kier molecular flexibility index (Phi) is 7.25. The van der Waals surface area contributed by atoms with Gasteiger partial charge in [-0.15, -0.1) is 0 Å². The van der Waals surface area contributed by atoms with Crippen LogP contribution < -0.4 is 20.4 Å². The van der Waals surface area contributed by atoms with Crippen LogP contribution in [0.25, 0.3) is 0 Å². The van der Waals surface area contributed by atoms with Crippen LogP contribution in [-0.2, 0) is 0 Å². The number of benzene rings is 2. The molecule has 2 aliphatic rings. The molecule has 37 heavy (non-hydrogen) atoms. The van der Waals surface area contributed by atoms with E-state index in [1.807, 2.05) is 19.1 Å². The molecular weight excluding hydrogens is 470 g/mol. The number of hydrogen-bond donors (Lipinski definition) is 4. The molecule has 0 aliphatic carbocycles. The highest BCUT2D eigenvalue weighted by molar-refractivity contribution is 6.06. The van der Waals surface area contributed by atoms with Crippen LogP contribution in [0.2, 0.25) is 0 Å². The number of phenols is 2. The summed E-state index contributed by atoms with van der Waals surface area (Å²) >= 11 is 0. The Hall–Kier alpha value is -4.08. The Labute approximate surface area is 216 Å². The van der Waals surface area contributed by atoms with E-state index in [2.05, 4.69) is 20.4 Å². The quantitative estimate of drug-likeness (QED) is 0.383. The van der Waals surface area contributed by atoms with Crippen LogP contribution in [0.4, 0.5) is 29.2 Å². The Morgan fingerprint density at radius 3 is 2.00 bits per heavy atom. The van der Waals surface area contributed by atoms with Crippen LogP contribution in [0.5, 0.6) is 11.5 Å². The number of anilines is 5. The Morgan fingerprint density at radius 1 is 0.811 bits per heavy atom. The first-order valence-corrected chi connectivity index (χ1v) is 12.9. The number of carbonyl (C=O) groups excluding carboxylic acids is 1. The molecule has 10 heteroatoms. The van der Waals surface area contributed by atoms with E-state index in [0.29, 0.717) is 23.5 Å². The molecule has 10 nitrogen and oxygen atoms in total. The van der Waals surface area contributed by atoms with Crippen molar-refractivity contribution in [2.75, 3.05) is 46.6 Å². The van der Waals surface area contributed by atoms with Crippen LogP contribution in [-0.4, -0.2) is 57.3 Å². The SMILES string of the molecule is Cc1cc(Nc2nc(N3CCCCC3)nc(N3CCCCC3)n2)ccc1NC(=O)c1ccc(O)cc1O. The minimum atomic E-state index is -0.462. The van der Waals surface area contributed by atoms with Crippen molar-refractivity contribution in [2.24, 2.45) is 0 Å². The third-order valence-electron chi connectivity index (χ3n) is 6.85. The number of nitrogens with one attached hydrogen (secondary N) is 2. The summed E-state index contributed by atoms with van der Waals surface area (Å²) in [5, 5.41) is 25.6. The fourth-order valence-electron chi connectivity index (χ4n) is 4.79. The van der Waals surface area contributed by atoms with Crippen molar-refractivity contribution in [1.29, 1.82) is 0 Å². The first-order chi connectivity index (χ1) is 18.0. The number of nitrogens with zero attached hydrogens (tertiary/aromatic N) is 5. The molecule has 194 valence electrons. The molecule has 2 aliphatic heterocycles. The zero-order valence-corrected chi connectivity index (χ0v) is 21.1. The van der Waals surface area contributed by atoms with Crippen molar-refractivity contribution in [1.82, 2.24) is 15.0 Å². The molecule has 1 aromatic heterocycles. The van der Waals surface area contributed by atoms with Crippen molar-refractivity contribution in [3.05, 3.63) is 47.5 Å². The molecule has 3 heterocycles. The first kappa shape index (κ1) is 24.6. The molecule has 0 bridgehead atoms. The standard InChI is InChI=1S/C27H33N7O3/c1-18-16-19(8-11-22(18)29-24(37)21-10-9-20(35)17-23(21)36)28-25-30-26(33-12-4-2-5-13-33)32-27(31-25)34-14-6-3-7-15-34/h8-11,16-17,35-36H,2-7,12-15H2,1H3,(H,29,37)(H,28,30,31,32). The Morgan fingerprint density at radius 2 is 1.43 bits per heavy atom. The topological polar surface area (TPSA) is 127 Å².